The number of fused-ring (bicyclic) bond motifs is 3. The number of allylic oxidation sites excluding steroid dienone is 3. The maximum absolute atomic E-state index is 13.1. The second kappa shape index (κ2) is 12.4. The van der Waals surface area contributed by atoms with Crippen LogP contribution < -0.4 is 4.74 Å². The summed E-state index contributed by atoms with van der Waals surface area (Å²) in [6.45, 7) is 0. The van der Waals surface area contributed by atoms with Gasteiger partial charge in [-0.3, -0.25) is 4.79 Å². The Balaban J connectivity index is 1.89. The first-order valence-electron chi connectivity index (χ1n) is 13.7. The van der Waals surface area contributed by atoms with E-state index < -0.39 is 17.3 Å². The largest absolute Gasteiger partial charge is 0.500 e. The Labute approximate surface area is 260 Å². The van der Waals surface area contributed by atoms with Crippen molar-refractivity contribution in [1.82, 2.24) is 0 Å². The molecule has 0 bridgehead atoms. The topological polar surface area (TPSA) is 71.1 Å². The molecule has 0 amide bonds. The normalized spacial score (nSPS) is 18.8. The van der Waals surface area contributed by atoms with Gasteiger partial charge in [0.2, 0.25) is 0 Å². The highest BCUT2D eigenvalue weighted by Gasteiger charge is 2.50. The molecule has 5 rings (SSSR count). The summed E-state index contributed by atoms with van der Waals surface area (Å²) in [6, 6.07) is 18.6. The van der Waals surface area contributed by atoms with Gasteiger partial charge in [-0.1, -0.05) is 52.3 Å². The van der Waals surface area contributed by atoms with E-state index in [9.17, 15) is 9.59 Å². The summed E-state index contributed by atoms with van der Waals surface area (Å²) in [5.41, 5.74) is 6.81. The van der Waals surface area contributed by atoms with E-state index in [0.717, 1.165) is 56.5 Å². The highest BCUT2D eigenvalue weighted by atomic mass is 79.9. The molecule has 2 atom stereocenters. The predicted octanol–water partition coefficient (Wildman–Crippen LogP) is 7.07. The van der Waals surface area contributed by atoms with E-state index in [-0.39, 0.29) is 5.97 Å². The highest BCUT2D eigenvalue weighted by molar-refractivity contribution is 9.10. The number of rotatable bonds is 9. The third-order valence-corrected chi connectivity index (χ3v) is 9.05. The van der Waals surface area contributed by atoms with Crippen LogP contribution in [0.5, 0.6) is 5.75 Å². The van der Waals surface area contributed by atoms with Crippen molar-refractivity contribution >= 4 is 40.5 Å². The number of hydrogen-bond acceptors (Lipinski definition) is 7. The molecule has 0 heterocycles. The van der Waals surface area contributed by atoms with E-state index in [1.807, 2.05) is 30.4 Å². The standard InChI is InChI=1S/C34H33BrO6S/c1-38-30-13-8-21(17-26(30)32(36)40-3)34(22-9-14-31(39-2)27(18-22)33(37)41-4)28-16-20(6-5-15-42)7-11-24(28)25-12-10-23(35)19-29(25)34/h7-14,16-17,19,27,42H,5-6,15,18H2,1-4H3. The first kappa shape index (κ1) is 30.0. The van der Waals surface area contributed by atoms with Gasteiger partial charge in [0.25, 0.3) is 0 Å². The molecule has 2 aliphatic rings. The van der Waals surface area contributed by atoms with Crippen LogP contribution in [0.2, 0.25) is 0 Å². The van der Waals surface area contributed by atoms with Gasteiger partial charge in [0.1, 0.15) is 23.0 Å². The molecule has 0 saturated heterocycles. The zero-order valence-corrected chi connectivity index (χ0v) is 26.5. The van der Waals surface area contributed by atoms with Crippen LogP contribution in [-0.2, 0) is 30.8 Å². The fraction of sp³-hybridized carbons (Fsp3) is 0.294. The Kier molecular flexibility index (Phi) is 8.85. The van der Waals surface area contributed by atoms with Crippen LogP contribution in [0, 0.1) is 5.92 Å². The van der Waals surface area contributed by atoms with Crippen molar-refractivity contribution in [3.05, 3.63) is 110 Å². The molecule has 218 valence electrons. The third kappa shape index (κ3) is 4.94. The summed E-state index contributed by atoms with van der Waals surface area (Å²) < 4.78 is 22.5. The van der Waals surface area contributed by atoms with Gasteiger partial charge in [0.15, 0.2) is 0 Å². The van der Waals surface area contributed by atoms with Crippen LogP contribution in [-0.4, -0.2) is 46.1 Å². The quantitative estimate of drug-likeness (QED) is 0.198. The molecule has 0 aromatic heterocycles. The lowest BCUT2D eigenvalue weighted by atomic mass is 9.63. The van der Waals surface area contributed by atoms with Crippen molar-refractivity contribution in [2.24, 2.45) is 5.92 Å². The number of esters is 2. The van der Waals surface area contributed by atoms with Crippen LogP contribution in [0.15, 0.2) is 82.6 Å². The number of hydrogen-bond donors (Lipinski definition) is 1. The van der Waals surface area contributed by atoms with Crippen LogP contribution >= 0.6 is 28.6 Å². The SMILES string of the molecule is COC(=O)c1cc(C2(C3=CC=C(OC)C(C(=O)OC)C3)c3cc(Br)ccc3-c3ccc(CCCS)cc32)ccc1OC. The van der Waals surface area contributed by atoms with E-state index in [0.29, 0.717) is 23.5 Å². The van der Waals surface area contributed by atoms with Gasteiger partial charge in [0.05, 0.1) is 33.9 Å². The lowest BCUT2D eigenvalue weighted by Gasteiger charge is -2.39. The predicted molar refractivity (Wildman–Crippen MR) is 169 cm³/mol. The molecular formula is C34H33BrO6S. The molecule has 3 aromatic rings. The Bertz CT molecular complexity index is 1610. The molecule has 3 aromatic carbocycles. The molecule has 0 saturated carbocycles. The molecule has 0 radical (unpaired) electrons. The minimum absolute atomic E-state index is 0.321. The number of ether oxygens (including phenoxy) is 4. The second-order valence-electron chi connectivity index (χ2n) is 10.3. The molecule has 0 spiro atoms. The fourth-order valence-corrected chi connectivity index (χ4v) is 6.87. The highest BCUT2D eigenvalue weighted by Crippen LogP contribution is 2.59. The van der Waals surface area contributed by atoms with Crippen molar-refractivity contribution in [2.75, 3.05) is 34.2 Å². The Morgan fingerprint density at radius 2 is 1.64 bits per heavy atom. The molecule has 6 nitrogen and oxygen atoms in total. The van der Waals surface area contributed by atoms with E-state index in [4.69, 9.17) is 18.9 Å². The van der Waals surface area contributed by atoms with Gasteiger partial charge in [-0.2, -0.15) is 12.6 Å². The maximum atomic E-state index is 13.1. The summed E-state index contributed by atoms with van der Waals surface area (Å²) in [6.07, 6.45) is 6.07. The van der Waals surface area contributed by atoms with Crippen molar-refractivity contribution < 1.29 is 28.5 Å². The van der Waals surface area contributed by atoms with E-state index in [2.05, 4.69) is 58.9 Å². The molecule has 0 fully saturated rings. The minimum Gasteiger partial charge on any atom is -0.500 e. The fourth-order valence-electron chi connectivity index (χ4n) is 6.35. The second-order valence-corrected chi connectivity index (χ2v) is 11.7. The number of carbonyl (C=O) groups is 2. The summed E-state index contributed by atoms with van der Waals surface area (Å²) >= 11 is 8.16. The molecule has 2 aliphatic carbocycles. The Morgan fingerprint density at radius 3 is 2.31 bits per heavy atom. The van der Waals surface area contributed by atoms with Crippen molar-refractivity contribution in [3.8, 4) is 16.9 Å². The summed E-state index contributed by atoms with van der Waals surface area (Å²) in [4.78, 5) is 26.1. The van der Waals surface area contributed by atoms with Crippen LogP contribution in [0.4, 0.5) is 0 Å². The van der Waals surface area contributed by atoms with Gasteiger partial charge >= 0.3 is 11.9 Å². The van der Waals surface area contributed by atoms with Gasteiger partial charge in [-0.25, -0.2) is 4.79 Å². The summed E-state index contributed by atoms with van der Waals surface area (Å²) in [5, 5.41) is 0. The van der Waals surface area contributed by atoms with Crippen LogP contribution in [0.3, 0.4) is 0 Å². The van der Waals surface area contributed by atoms with Crippen molar-refractivity contribution in [2.45, 2.75) is 24.7 Å². The molecular weight excluding hydrogens is 616 g/mol. The van der Waals surface area contributed by atoms with Crippen LogP contribution in [0.1, 0.15) is 45.5 Å². The number of carbonyl (C=O) groups excluding carboxylic acids is 2. The molecule has 8 heteroatoms. The Morgan fingerprint density at radius 1 is 0.905 bits per heavy atom. The monoisotopic (exact) mass is 648 g/mol. The molecule has 42 heavy (non-hydrogen) atoms. The zero-order chi connectivity index (χ0) is 30.0. The van der Waals surface area contributed by atoms with Gasteiger partial charge in [-0.15, -0.1) is 0 Å². The molecule has 0 N–H and O–H groups in total. The van der Waals surface area contributed by atoms with E-state index in [1.54, 1.807) is 13.2 Å². The first-order valence-corrected chi connectivity index (χ1v) is 15.1. The number of halogens is 1. The average molecular weight is 650 g/mol. The molecule has 2 unspecified atom stereocenters. The average Bonchev–Trinajstić information content (AvgIpc) is 3.31. The van der Waals surface area contributed by atoms with E-state index in [1.165, 1.54) is 26.9 Å². The summed E-state index contributed by atoms with van der Waals surface area (Å²) in [7, 11) is 5.84. The zero-order valence-electron chi connectivity index (χ0n) is 24.0. The van der Waals surface area contributed by atoms with Crippen molar-refractivity contribution in [1.29, 1.82) is 0 Å². The van der Waals surface area contributed by atoms with Gasteiger partial charge < -0.3 is 18.9 Å². The number of thiol groups is 1. The first-order chi connectivity index (χ1) is 20.3. The van der Waals surface area contributed by atoms with E-state index >= 15 is 0 Å². The number of methoxy groups -OCH3 is 4. The number of benzene rings is 3. The Hall–Kier alpha value is -3.49. The van der Waals surface area contributed by atoms with Gasteiger partial charge in [0, 0.05) is 4.47 Å². The van der Waals surface area contributed by atoms with Crippen molar-refractivity contribution in [3.63, 3.8) is 0 Å². The maximum Gasteiger partial charge on any atom is 0.341 e. The lowest BCUT2D eigenvalue weighted by Crippen LogP contribution is -2.34. The smallest absolute Gasteiger partial charge is 0.341 e. The number of aryl methyl sites for hydroxylation is 1. The molecule has 0 aliphatic heterocycles. The lowest BCUT2D eigenvalue weighted by molar-refractivity contribution is -0.145. The van der Waals surface area contributed by atoms with Crippen LogP contribution in [0.25, 0.3) is 11.1 Å². The minimum atomic E-state index is -0.845. The summed E-state index contributed by atoms with van der Waals surface area (Å²) in [5.74, 6) is 0.257. The third-order valence-electron chi connectivity index (χ3n) is 8.24. The van der Waals surface area contributed by atoms with Gasteiger partial charge in [-0.05, 0) is 94.3 Å².